The van der Waals surface area contributed by atoms with Crippen molar-refractivity contribution in [3.63, 3.8) is 0 Å². The maximum Gasteiger partial charge on any atom is 0.240 e. The summed E-state index contributed by atoms with van der Waals surface area (Å²) in [7, 11) is 0. The van der Waals surface area contributed by atoms with Crippen LogP contribution in [-0.2, 0) is 9.59 Å². The number of carbonyl (C=O) groups excluding carboxylic acids is 2. The summed E-state index contributed by atoms with van der Waals surface area (Å²) in [6.07, 6.45) is 2.44. The lowest BCUT2D eigenvalue weighted by Crippen LogP contribution is -2.19. The fourth-order valence-electron chi connectivity index (χ4n) is 2.66. The van der Waals surface area contributed by atoms with Crippen LogP contribution in [0.1, 0.15) is 50.7 Å². The Morgan fingerprint density at radius 3 is 1.48 bits per heavy atom. The molecular formula is C24H30N4O2S. The van der Waals surface area contributed by atoms with E-state index in [0.29, 0.717) is 12.8 Å². The molecule has 0 aliphatic carbocycles. The van der Waals surface area contributed by atoms with E-state index >= 15 is 0 Å². The molecule has 0 aliphatic rings. The van der Waals surface area contributed by atoms with Crippen molar-refractivity contribution in [3.8, 4) is 0 Å². The molecule has 2 aromatic rings. The highest BCUT2D eigenvalue weighted by atomic mass is 32.2. The molecule has 0 heterocycles. The lowest BCUT2D eigenvalue weighted by molar-refractivity contribution is -0.121. The molecule has 0 aliphatic heterocycles. The minimum Gasteiger partial charge on any atom is -0.273 e. The number of amides is 2. The van der Waals surface area contributed by atoms with Crippen LogP contribution < -0.4 is 10.9 Å². The summed E-state index contributed by atoms with van der Waals surface area (Å²) in [5.41, 5.74) is 8.76. The normalized spacial score (nSPS) is 11.8. The highest BCUT2D eigenvalue weighted by Gasteiger charge is 2.03. The molecule has 0 aromatic heterocycles. The Morgan fingerprint density at radius 2 is 1.10 bits per heavy atom. The highest BCUT2D eigenvalue weighted by Crippen LogP contribution is 2.08. The van der Waals surface area contributed by atoms with Gasteiger partial charge in [0.05, 0.1) is 11.4 Å². The van der Waals surface area contributed by atoms with E-state index in [-0.39, 0.29) is 11.8 Å². The molecular weight excluding hydrogens is 408 g/mol. The molecule has 0 fully saturated rings. The molecule has 6 nitrogen and oxygen atoms in total. The van der Waals surface area contributed by atoms with Crippen LogP contribution in [-0.4, -0.2) is 34.7 Å². The Labute approximate surface area is 188 Å². The van der Waals surface area contributed by atoms with Crippen LogP contribution in [0.15, 0.2) is 70.9 Å². The Balaban J connectivity index is 1.51. The van der Waals surface area contributed by atoms with Gasteiger partial charge in [0.2, 0.25) is 11.8 Å². The molecule has 0 saturated heterocycles. The smallest absolute Gasteiger partial charge is 0.240 e. The van der Waals surface area contributed by atoms with Gasteiger partial charge in [-0.15, -0.1) is 0 Å². The molecule has 2 N–H and O–H groups in total. The van der Waals surface area contributed by atoms with Gasteiger partial charge in [0.1, 0.15) is 0 Å². The van der Waals surface area contributed by atoms with Crippen LogP contribution in [0.25, 0.3) is 0 Å². The first kappa shape index (κ1) is 24.3. The van der Waals surface area contributed by atoms with Gasteiger partial charge >= 0.3 is 0 Å². The molecule has 7 heteroatoms. The Morgan fingerprint density at radius 1 is 0.710 bits per heavy atom. The van der Waals surface area contributed by atoms with Crippen molar-refractivity contribution >= 4 is 35.0 Å². The number of hydrogen-bond acceptors (Lipinski definition) is 5. The summed E-state index contributed by atoms with van der Waals surface area (Å²) in [4.78, 5) is 23.8. The topological polar surface area (TPSA) is 82.9 Å². The van der Waals surface area contributed by atoms with Crippen molar-refractivity contribution < 1.29 is 9.59 Å². The fourth-order valence-corrected chi connectivity index (χ4v) is 3.56. The van der Waals surface area contributed by atoms with Crippen LogP contribution in [0.2, 0.25) is 0 Å². The largest absolute Gasteiger partial charge is 0.273 e. The summed E-state index contributed by atoms with van der Waals surface area (Å²) in [5.74, 6) is 1.59. The quantitative estimate of drug-likeness (QED) is 0.293. The van der Waals surface area contributed by atoms with E-state index < -0.39 is 0 Å². The molecule has 0 spiro atoms. The number of nitrogens with zero attached hydrogens (tertiary/aromatic N) is 2. The maximum atomic E-state index is 11.9. The van der Waals surface area contributed by atoms with Crippen molar-refractivity contribution in [2.45, 2.75) is 39.5 Å². The zero-order valence-electron chi connectivity index (χ0n) is 18.1. The molecule has 0 radical (unpaired) electrons. The summed E-state index contributed by atoms with van der Waals surface area (Å²) < 4.78 is 0. The third-order valence-corrected chi connectivity index (χ3v) is 5.62. The van der Waals surface area contributed by atoms with Crippen LogP contribution >= 0.6 is 11.8 Å². The average molecular weight is 439 g/mol. The first-order chi connectivity index (χ1) is 15.1. The summed E-state index contributed by atoms with van der Waals surface area (Å²) in [6, 6.07) is 19.5. The molecule has 2 amide bonds. The predicted octanol–water partition coefficient (Wildman–Crippen LogP) is 4.36. The van der Waals surface area contributed by atoms with Gasteiger partial charge in [-0.25, -0.2) is 10.9 Å². The number of hydrazone groups is 2. The second-order valence-electron chi connectivity index (χ2n) is 7.02. The molecule has 0 saturated carbocycles. The van der Waals surface area contributed by atoms with E-state index in [4.69, 9.17) is 0 Å². The standard InChI is InChI=1S/C24H30N4O2S/c1-19(21-11-5-3-6-12-21)25-27-23(29)15-9-17-31-18-10-16-24(30)28-26-20(2)22-13-7-4-8-14-22/h3-8,11-14H,9-10,15-18H2,1-2H3,(H,27,29)(H,28,30)/b25-19+,26-20+. The Kier molecular flexibility index (Phi) is 11.1. The van der Waals surface area contributed by atoms with Gasteiger partial charge in [0.25, 0.3) is 0 Å². The van der Waals surface area contributed by atoms with Crippen molar-refractivity contribution in [1.29, 1.82) is 0 Å². The minimum atomic E-state index is -0.0816. The average Bonchev–Trinajstić information content (AvgIpc) is 2.81. The van der Waals surface area contributed by atoms with Gasteiger partial charge in [0, 0.05) is 12.8 Å². The van der Waals surface area contributed by atoms with Gasteiger partial charge in [0.15, 0.2) is 0 Å². The zero-order valence-corrected chi connectivity index (χ0v) is 19.0. The van der Waals surface area contributed by atoms with Crippen LogP contribution in [0.4, 0.5) is 0 Å². The molecule has 0 atom stereocenters. The van der Waals surface area contributed by atoms with Crippen molar-refractivity contribution in [1.82, 2.24) is 10.9 Å². The second kappa shape index (κ2) is 14.1. The van der Waals surface area contributed by atoms with Gasteiger partial charge in [-0.05, 0) is 49.3 Å². The second-order valence-corrected chi connectivity index (χ2v) is 8.24. The van der Waals surface area contributed by atoms with Crippen molar-refractivity contribution in [2.24, 2.45) is 10.2 Å². The first-order valence-electron chi connectivity index (χ1n) is 10.4. The van der Waals surface area contributed by atoms with Crippen molar-refractivity contribution in [2.75, 3.05) is 11.5 Å². The molecule has 2 rings (SSSR count). The third kappa shape index (κ3) is 10.1. The number of benzene rings is 2. The monoisotopic (exact) mass is 438 g/mol. The van der Waals surface area contributed by atoms with Gasteiger partial charge in [-0.1, -0.05) is 60.7 Å². The molecule has 164 valence electrons. The Bertz CT molecular complexity index is 809. The molecule has 0 unspecified atom stereocenters. The van der Waals surface area contributed by atoms with E-state index in [9.17, 15) is 9.59 Å². The van der Waals surface area contributed by atoms with Crippen LogP contribution in [0.3, 0.4) is 0 Å². The molecule has 0 bridgehead atoms. The molecule has 2 aromatic carbocycles. The van der Waals surface area contributed by atoms with Crippen LogP contribution in [0.5, 0.6) is 0 Å². The summed E-state index contributed by atoms with van der Waals surface area (Å²) in [5, 5.41) is 8.29. The van der Waals surface area contributed by atoms with Gasteiger partial charge in [-0.3, -0.25) is 9.59 Å². The minimum absolute atomic E-state index is 0.0816. The SMILES string of the molecule is C/C(=N\NC(=O)CCCSCCCC(=O)N/N=C(\C)c1ccccc1)c1ccccc1. The lowest BCUT2D eigenvalue weighted by Gasteiger charge is -2.04. The van der Waals surface area contributed by atoms with E-state index in [0.717, 1.165) is 46.9 Å². The number of nitrogens with one attached hydrogen (secondary N) is 2. The maximum absolute atomic E-state index is 11.9. The number of thioether (sulfide) groups is 1. The molecule has 31 heavy (non-hydrogen) atoms. The van der Waals surface area contributed by atoms with E-state index in [1.807, 2.05) is 74.5 Å². The number of rotatable bonds is 12. The summed E-state index contributed by atoms with van der Waals surface area (Å²) in [6.45, 7) is 3.74. The fraction of sp³-hybridized carbons (Fsp3) is 0.333. The number of carbonyl (C=O) groups is 2. The third-order valence-electron chi connectivity index (χ3n) is 4.46. The van der Waals surface area contributed by atoms with Crippen LogP contribution in [0, 0.1) is 0 Å². The van der Waals surface area contributed by atoms with E-state index in [2.05, 4.69) is 21.1 Å². The predicted molar refractivity (Wildman–Crippen MR) is 129 cm³/mol. The highest BCUT2D eigenvalue weighted by molar-refractivity contribution is 7.99. The van der Waals surface area contributed by atoms with E-state index in [1.165, 1.54) is 0 Å². The van der Waals surface area contributed by atoms with E-state index in [1.54, 1.807) is 11.8 Å². The van der Waals surface area contributed by atoms with Gasteiger partial charge in [-0.2, -0.15) is 22.0 Å². The van der Waals surface area contributed by atoms with Gasteiger partial charge < -0.3 is 0 Å². The first-order valence-corrected chi connectivity index (χ1v) is 11.6. The Hall–Kier alpha value is -2.93. The lowest BCUT2D eigenvalue weighted by atomic mass is 10.1. The number of hydrogen-bond donors (Lipinski definition) is 2. The zero-order chi connectivity index (χ0) is 22.3. The summed E-state index contributed by atoms with van der Waals surface area (Å²) >= 11 is 1.75. The van der Waals surface area contributed by atoms with Crippen molar-refractivity contribution in [3.05, 3.63) is 71.8 Å².